The second-order valence-corrected chi connectivity index (χ2v) is 6.76. The lowest BCUT2D eigenvalue weighted by Gasteiger charge is -2.34. The molecule has 0 saturated heterocycles. The van der Waals surface area contributed by atoms with Crippen molar-refractivity contribution in [2.45, 2.75) is 58.4 Å². The first kappa shape index (κ1) is 14.9. The molecule has 3 nitrogen and oxygen atoms in total. The quantitative estimate of drug-likeness (QED) is 0.863. The normalized spacial score (nSPS) is 20.4. The molecular formula is C17H25NO2. The van der Waals surface area contributed by atoms with E-state index >= 15 is 0 Å². The maximum atomic E-state index is 10.8. The lowest BCUT2D eigenvalue weighted by Crippen LogP contribution is -2.25. The van der Waals surface area contributed by atoms with E-state index in [0.29, 0.717) is 11.3 Å². The van der Waals surface area contributed by atoms with Gasteiger partial charge in [-0.1, -0.05) is 26.0 Å². The third kappa shape index (κ3) is 3.75. The largest absolute Gasteiger partial charge is 0.480 e. The number of rotatable bonds is 4. The van der Waals surface area contributed by atoms with Crippen molar-refractivity contribution in [3.8, 4) is 0 Å². The van der Waals surface area contributed by atoms with Gasteiger partial charge in [-0.2, -0.15) is 0 Å². The van der Waals surface area contributed by atoms with Crippen LogP contribution in [0.3, 0.4) is 0 Å². The van der Waals surface area contributed by atoms with Crippen LogP contribution >= 0.6 is 0 Å². The van der Waals surface area contributed by atoms with Gasteiger partial charge >= 0.3 is 5.97 Å². The third-order valence-electron chi connectivity index (χ3n) is 4.47. The summed E-state index contributed by atoms with van der Waals surface area (Å²) in [5.74, 6) is -0.169. The van der Waals surface area contributed by atoms with Gasteiger partial charge in [0.25, 0.3) is 0 Å². The Labute approximate surface area is 121 Å². The van der Waals surface area contributed by atoms with E-state index in [4.69, 9.17) is 5.11 Å². The summed E-state index contributed by atoms with van der Waals surface area (Å²) < 4.78 is 0. The van der Waals surface area contributed by atoms with Crippen molar-refractivity contribution in [1.82, 2.24) is 0 Å². The number of carbonyl (C=O) groups is 1. The molecule has 0 bridgehead atoms. The van der Waals surface area contributed by atoms with Gasteiger partial charge in [0.15, 0.2) is 0 Å². The molecular weight excluding hydrogens is 250 g/mol. The Hall–Kier alpha value is -1.51. The van der Waals surface area contributed by atoms with Crippen molar-refractivity contribution in [3.05, 3.63) is 29.8 Å². The van der Waals surface area contributed by atoms with Crippen molar-refractivity contribution in [3.63, 3.8) is 0 Å². The highest BCUT2D eigenvalue weighted by atomic mass is 16.4. The zero-order chi connectivity index (χ0) is 14.8. The first-order valence-electron chi connectivity index (χ1n) is 7.47. The van der Waals surface area contributed by atoms with Crippen LogP contribution in [0.2, 0.25) is 0 Å². The third-order valence-corrected chi connectivity index (χ3v) is 4.47. The standard InChI is InChI=1S/C17H25NO2/c1-12(16(19)20)18-15-6-4-13(5-7-15)14-8-10-17(2,3)11-9-14/h4-7,12,14,18H,8-11H2,1-3H3,(H,19,20). The molecule has 1 aromatic carbocycles. The molecule has 1 aromatic rings. The maximum absolute atomic E-state index is 10.8. The van der Waals surface area contributed by atoms with Gasteiger partial charge in [0.05, 0.1) is 0 Å². The van der Waals surface area contributed by atoms with Crippen LogP contribution in [0.25, 0.3) is 0 Å². The summed E-state index contributed by atoms with van der Waals surface area (Å²) in [6.07, 6.45) is 5.08. The van der Waals surface area contributed by atoms with Crippen LogP contribution in [0.1, 0.15) is 57.9 Å². The average Bonchev–Trinajstić information content (AvgIpc) is 2.39. The predicted molar refractivity (Wildman–Crippen MR) is 82.2 cm³/mol. The molecule has 0 aromatic heterocycles. The summed E-state index contributed by atoms with van der Waals surface area (Å²) in [5.41, 5.74) is 2.75. The molecule has 0 spiro atoms. The molecule has 1 aliphatic carbocycles. The molecule has 0 aliphatic heterocycles. The Morgan fingerprint density at radius 3 is 2.30 bits per heavy atom. The summed E-state index contributed by atoms with van der Waals surface area (Å²) >= 11 is 0. The first-order chi connectivity index (χ1) is 9.37. The van der Waals surface area contributed by atoms with Gasteiger partial charge in [0.2, 0.25) is 0 Å². The highest BCUT2D eigenvalue weighted by Crippen LogP contribution is 2.42. The average molecular weight is 275 g/mol. The van der Waals surface area contributed by atoms with E-state index in [9.17, 15) is 4.79 Å². The predicted octanol–water partition coefficient (Wildman–Crippen LogP) is 4.26. The van der Waals surface area contributed by atoms with E-state index in [-0.39, 0.29) is 0 Å². The van der Waals surface area contributed by atoms with E-state index in [0.717, 1.165) is 5.69 Å². The molecule has 20 heavy (non-hydrogen) atoms. The summed E-state index contributed by atoms with van der Waals surface area (Å²) in [6.45, 7) is 6.35. The molecule has 1 saturated carbocycles. The molecule has 1 fully saturated rings. The highest BCUT2D eigenvalue weighted by Gasteiger charge is 2.27. The monoisotopic (exact) mass is 275 g/mol. The van der Waals surface area contributed by atoms with E-state index < -0.39 is 12.0 Å². The molecule has 0 heterocycles. The molecule has 2 rings (SSSR count). The van der Waals surface area contributed by atoms with Crippen LogP contribution < -0.4 is 5.32 Å². The van der Waals surface area contributed by atoms with Crippen molar-refractivity contribution < 1.29 is 9.90 Å². The lowest BCUT2D eigenvalue weighted by molar-refractivity contribution is -0.137. The van der Waals surface area contributed by atoms with Gasteiger partial charge in [-0.15, -0.1) is 0 Å². The van der Waals surface area contributed by atoms with E-state index in [2.05, 4.69) is 31.3 Å². The van der Waals surface area contributed by atoms with Gasteiger partial charge in [0.1, 0.15) is 6.04 Å². The molecule has 110 valence electrons. The second kappa shape index (κ2) is 5.86. The van der Waals surface area contributed by atoms with E-state index in [1.807, 2.05) is 12.1 Å². The minimum Gasteiger partial charge on any atom is -0.480 e. The van der Waals surface area contributed by atoms with Crippen LogP contribution in [0.15, 0.2) is 24.3 Å². The summed E-state index contributed by atoms with van der Waals surface area (Å²) in [6, 6.07) is 7.71. The topological polar surface area (TPSA) is 49.3 Å². The number of anilines is 1. The number of aliphatic carboxylic acids is 1. The molecule has 1 atom stereocenters. The Balaban J connectivity index is 1.97. The van der Waals surface area contributed by atoms with Crippen LogP contribution in [-0.4, -0.2) is 17.1 Å². The Bertz CT molecular complexity index is 454. The minimum absolute atomic E-state index is 0.495. The summed E-state index contributed by atoms with van der Waals surface area (Å²) in [5, 5.41) is 11.9. The van der Waals surface area contributed by atoms with Gasteiger partial charge in [-0.25, -0.2) is 0 Å². The molecule has 2 N–H and O–H groups in total. The summed E-state index contributed by atoms with van der Waals surface area (Å²) in [7, 11) is 0. The van der Waals surface area contributed by atoms with Crippen molar-refractivity contribution in [2.24, 2.45) is 5.41 Å². The molecule has 0 amide bonds. The number of hydrogen-bond donors (Lipinski definition) is 2. The van der Waals surface area contributed by atoms with Gasteiger partial charge in [-0.3, -0.25) is 4.79 Å². The Kier molecular flexibility index (Phi) is 4.36. The second-order valence-electron chi connectivity index (χ2n) is 6.76. The van der Waals surface area contributed by atoms with Crippen molar-refractivity contribution in [2.75, 3.05) is 5.32 Å². The fourth-order valence-electron chi connectivity index (χ4n) is 2.90. The maximum Gasteiger partial charge on any atom is 0.325 e. The van der Waals surface area contributed by atoms with Gasteiger partial charge < -0.3 is 10.4 Å². The number of carboxylic acids is 1. The fourth-order valence-corrected chi connectivity index (χ4v) is 2.90. The van der Waals surface area contributed by atoms with Gasteiger partial charge in [-0.05, 0) is 61.6 Å². The Morgan fingerprint density at radius 1 is 1.25 bits per heavy atom. The number of carboxylic acid groups (broad SMARTS) is 1. The number of hydrogen-bond acceptors (Lipinski definition) is 2. The van der Waals surface area contributed by atoms with E-state index in [1.54, 1.807) is 6.92 Å². The molecule has 3 heteroatoms. The van der Waals surface area contributed by atoms with Gasteiger partial charge in [0, 0.05) is 5.69 Å². The van der Waals surface area contributed by atoms with Crippen LogP contribution in [-0.2, 0) is 4.79 Å². The smallest absolute Gasteiger partial charge is 0.325 e. The number of nitrogens with one attached hydrogen (secondary N) is 1. The van der Waals surface area contributed by atoms with Crippen LogP contribution in [0.4, 0.5) is 5.69 Å². The molecule has 1 aliphatic rings. The van der Waals surface area contributed by atoms with Crippen LogP contribution in [0, 0.1) is 5.41 Å². The minimum atomic E-state index is -0.830. The zero-order valence-corrected chi connectivity index (χ0v) is 12.6. The highest BCUT2D eigenvalue weighted by molar-refractivity contribution is 5.76. The SMILES string of the molecule is CC(Nc1ccc(C2CCC(C)(C)CC2)cc1)C(=O)O. The lowest BCUT2D eigenvalue weighted by atomic mass is 9.71. The van der Waals surface area contributed by atoms with Crippen molar-refractivity contribution in [1.29, 1.82) is 0 Å². The molecule has 1 unspecified atom stereocenters. The first-order valence-corrected chi connectivity index (χ1v) is 7.47. The van der Waals surface area contributed by atoms with Crippen LogP contribution in [0.5, 0.6) is 0 Å². The van der Waals surface area contributed by atoms with Crippen molar-refractivity contribution >= 4 is 11.7 Å². The Morgan fingerprint density at radius 2 is 1.80 bits per heavy atom. The summed E-state index contributed by atoms with van der Waals surface area (Å²) in [4.78, 5) is 10.8. The van der Waals surface area contributed by atoms with E-state index in [1.165, 1.54) is 31.2 Å². The number of benzene rings is 1. The fraction of sp³-hybridized carbons (Fsp3) is 0.588. The zero-order valence-electron chi connectivity index (χ0n) is 12.6. The molecule has 0 radical (unpaired) electrons.